The number of ether oxygens (including phenoxy) is 1. The van der Waals surface area contributed by atoms with Crippen LogP contribution in [0.5, 0.6) is 5.75 Å². The summed E-state index contributed by atoms with van der Waals surface area (Å²) < 4.78 is 10.1. The molecule has 3 nitrogen and oxygen atoms in total. The van der Waals surface area contributed by atoms with Crippen molar-refractivity contribution in [3.8, 4) is 5.75 Å². The molecular formula is C12H11ClO3. The Morgan fingerprint density at radius 3 is 2.81 bits per heavy atom. The lowest BCUT2D eigenvalue weighted by atomic mass is 10.0. The van der Waals surface area contributed by atoms with Crippen molar-refractivity contribution in [3.63, 3.8) is 0 Å². The van der Waals surface area contributed by atoms with Crippen LogP contribution in [-0.4, -0.2) is 12.2 Å². The number of methoxy groups -OCH3 is 1. The van der Waals surface area contributed by atoms with E-state index in [4.69, 9.17) is 20.8 Å². The Hall–Kier alpha value is -1.45. The lowest BCUT2D eigenvalue weighted by molar-refractivity contribution is 0.213. The molecule has 0 saturated carbocycles. The fourth-order valence-corrected chi connectivity index (χ4v) is 1.71. The van der Waals surface area contributed by atoms with Crippen LogP contribution < -0.4 is 4.74 Å². The molecule has 0 amide bonds. The number of halogens is 1. The molecule has 1 aromatic carbocycles. The summed E-state index contributed by atoms with van der Waals surface area (Å²) >= 11 is 5.89. The molecule has 0 aliphatic carbocycles. The average Bonchev–Trinajstić information content (AvgIpc) is 2.81. The maximum atomic E-state index is 10.1. The molecule has 1 heterocycles. The van der Waals surface area contributed by atoms with Gasteiger partial charge in [-0.15, -0.1) is 0 Å². The van der Waals surface area contributed by atoms with Gasteiger partial charge in [0.15, 0.2) is 0 Å². The molecule has 4 heteroatoms. The molecule has 0 aliphatic rings. The zero-order chi connectivity index (χ0) is 11.5. The zero-order valence-electron chi connectivity index (χ0n) is 8.68. The van der Waals surface area contributed by atoms with E-state index >= 15 is 0 Å². The van der Waals surface area contributed by atoms with Crippen molar-refractivity contribution >= 4 is 11.6 Å². The van der Waals surface area contributed by atoms with Crippen molar-refractivity contribution in [3.05, 3.63) is 52.9 Å². The molecule has 0 bridgehead atoms. The fourth-order valence-electron chi connectivity index (χ4n) is 1.53. The predicted octanol–water partition coefficient (Wildman–Crippen LogP) is 3.02. The highest BCUT2D eigenvalue weighted by molar-refractivity contribution is 6.30. The third kappa shape index (κ3) is 2.05. The van der Waals surface area contributed by atoms with E-state index < -0.39 is 6.10 Å². The summed E-state index contributed by atoms with van der Waals surface area (Å²) in [4.78, 5) is 0. The van der Waals surface area contributed by atoms with Gasteiger partial charge in [-0.2, -0.15) is 0 Å². The van der Waals surface area contributed by atoms with Crippen LogP contribution in [-0.2, 0) is 0 Å². The summed E-state index contributed by atoms with van der Waals surface area (Å²) in [7, 11) is 1.55. The van der Waals surface area contributed by atoms with Gasteiger partial charge in [0, 0.05) is 16.1 Å². The first kappa shape index (κ1) is 11.0. The van der Waals surface area contributed by atoms with E-state index in [-0.39, 0.29) is 0 Å². The maximum Gasteiger partial charge on any atom is 0.125 e. The van der Waals surface area contributed by atoms with Gasteiger partial charge in [-0.05, 0) is 24.3 Å². The predicted molar refractivity (Wildman–Crippen MR) is 60.8 cm³/mol. The monoisotopic (exact) mass is 238 g/mol. The van der Waals surface area contributed by atoms with Crippen LogP contribution in [0.3, 0.4) is 0 Å². The van der Waals surface area contributed by atoms with Crippen molar-refractivity contribution < 1.29 is 14.3 Å². The summed E-state index contributed by atoms with van der Waals surface area (Å²) in [5, 5.41) is 10.7. The Morgan fingerprint density at radius 1 is 1.38 bits per heavy atom. The highest BCUT2D eigenvalue weighted by atomic mass is 35.5. The molecule has 0 aliphatic heterocycles. The highest BCUT2D eigenvalue weighted by Crippen LogP contribution is 2.32. The molecule has 0 spiro atoms. The molecule has 1 unspecified atom stereocenters. The summed E-state index contributed by atoms with van der Waals surface area (Å²) in [6.45, 7) is 0. The Morgan fingerprint density at radius 2 is 2.19 bits per heavy atom. The second-order valence-electron chi connectivity index (χ2n) is 3.35. The summed E-state index contributed by atoms with van der Waals surface area (Å²) in [5.41, 5.74) is 1.29. The fraction of sp³-hybridized carbons (Fsp3) is 0.167. The van der Waals surface area contributed by atoms with E-state index in [2.05, 4.69) is 0 Å². The van der Waals surface area contributed by atoms with Crippen LogP contribution in [0.25, 0.3) is 0 Å². The number of rotatable bonds is 3. The molecule has 0 radical (unpaired) electrons. The minimum Gasteiger partial charge on any atom is -0.496 e. The Labute approximate surface area is 98.2 Å². The second-order valence-corrected chi connectivity index (χ2v) is 3.78. The van der Waals surface area contributed by atoms with Crippen LogP contribution >= 0.6 is 11.6 Å². The quantitative estimate of drug-likeness (QED) is 0.894. The van der Waals surface area contributed by atoms with Gasteiger partial charge in [-0.3, -0.25) is 0 Å². The summed E-state index contributed by atoms with van der Waals surface area (Å²) in [5.74, 6) is 0.595. The number of benzene rings is 1. The smallest absolute Gasteiger partial charge is 0.125 e. The standard InChI is InChI=1S/C12H11ClO3/c1-15-11-3-2-9(13)6-10(11)12(14)8-4-5-16-7-8/h2-7,12,14H,1H3. The van der Waals surface area contributed by atoms with Gasteiger partial charge in [-0.1, -0.05) is 11.6 Å². The molecule has 0 fully saturated rings. The van der Waals surface area contributed by atoms with Crippen LogP contribution in [0.15, 0.2) is 41.2 Å². The maximum absolute atomic E-state index is 10.1. The molecule has 1 aromatic heterocycles. The molecule has 16 heavy (non-hydrogen) atoms. The van der Waals surface area contributed by atoms with Crippen molar-refractivity contribution in [2.24, 2.45) is 0 Å². The van der Waals surface area contributed by atoms with E-state index in [0.717, 1.165) is 0 Å². The van der Waals surface area contributed by atoms with Gasteiger partial charge in [0.05, 0.1) is 19.6 Å². The van der Waals surface area contributed by atoms with Gasteiger partial charge in [0.2, 0.25) is 0 Å². The summed E-state index contributed by atoms with van der Waals surface area (Å²) in [6, 6.07) is 6.82. The molecular weight excluding hydrogens is 228 g/mol. The van der Waals surface area contributed by atoms with Crippen molar-refractivity contribution in [2.45, 2.75) is 6.10 Å². The third-order valence-corrected chi connectivity index (χ3v) is 2.58. The van der Waals surface area contributed by atoms with Crippen molar-refractivity contribution in [1.82, 2.24) is 0 Å². The Kier molecular flexibility index (Phi) is 3.17. The molecule has 2 rings (SSSR count). The topological polar surface area (TPSA) is 42.6 Å². The first-order chi connectivity index (χ1) is 7.72. The van der Waals surface area contributed by atoms with Gasteiger partial charge in [0.25, 0.3) is 0 Å². The lowest BCUT2D eigenvalue weighted by Crippen LogP contribution is -2.01. The number of furan rings is 1. The first-order valence-corrected chi connectivity index (χ1v) is 5.13. The van der Waals surface area contributed by atoms with E-state index in [9.17, 15) is 5.11 Å². The molecule has 0 saturated heterocycles. The molecule has 1 atom stereocenters. The van der Waals surface area contributed by atoms with Crippen LogP contribution in [0.4, 0.5) is 0 Å². The number of hydrogen-bond acceptors (Lipinski definition) is 3. The number of aliphatic hydroxyl groups excluding tert-OH is 1. The second kappa shape index (κ2) is 4.60. The van der Waals surface area contributed by atoms with Crippen LogP contribution in [0, 0.1) is 0 Å². The van der Waals surface area contributed by atoms with E-state index in [1.807, 2.05) is 0 Å². The summed E-state index contributed by atoms with van der Waals surface area (Å²) in [6.07, 6.45) is 2.20. The lowest BCUT2D eigenvalue weighted by Gasteiger charge is -2.13. The van der Waals surface area contributed by atoms with Gasteiger partial charge in [0.1, 0.15) is 11.9 Å². The first-order valence-electron chi connectivity index (χ1n) is 4.76. The number of aliphatic hydroxyl groups is 1. The van der Waals surface area contributed by atoms with Gasteiger partial charge in [-0.25, -0.2) is 0 Å². The third-order valence-electron chi connectivity index (χ3n) is 2.35. The molecule has 84 valence electrons. The average molecular weight is 239 g/mol. The van der Waals surface area contributed by atoms with Crippen molar-refractivity contribution in [1.29, 1.82) is 0 Å². The van der Waals surface area contributed by atoms with E-state index in [1.165, 1.54) is 12.5 Å². The Bertz CT molecular complexity index is 465. The SMILES string of the molecule is COc1ccc(Cl)cc1C(O)c1ccoc1. The van der Waals surface area contributed by atoms with Gasteiger partial charge < -0.3 is 14.3 Å². The van der Waals surface area contributed by atoms with E-state index in [0.29, 0.717) is 21.9 Å². The van der Waals surface area contributed by atoms with Crippen LogP contribution in [0.1, 0.15) is 17.2 Å². The van der Waals surface area contributed by atoms with Gasteiger partial charge >= 0.3 is 0 Å². The largest absolute Gasteiger partial charge is 0.496 e. The molecule has 1 N–H and O–H groups in total. The Balaban J connectivity index is 2.42. The van der Waals surface area contributed by atoms with E-state index in [1.54, 1.807) is 31.4 Å². The highest BCUT2D eigenvalue weighted by Gasteiger charge is 2.16. The van der Waals surface area contributed by atoms with Crippen molar-refractivity contribution in [2.75, 3.05) is 7.11 Å². The zero-order valence-corrected chi connectivity index (χ0v) is 9.44. The normalized spacial score (nSPS) is 12.4. The molecule has 2 aromatic rings. The minimum atomic E-state index is -0.799. The van der Waals surface area contributed by atoms with Crippen LogP contribution in [0.2, 0.25) is 5.02 Å². The number of hydrogen-bond donors (Lipinski definition) is 1. The minimum absolute atomic E-state index is 0.554.